The monoisotopic (exact) mass is 278 g/mol. The molecule has 1 aliphatic heterocycles. The molecule has 2 N–H and O–H groups in total. The van der Waals surface area contributed by atoms with Crippen molar-refractivity contribution < 1.29 is 9.84 Å². The van der Waals surface area contributed by atoms with Crippen LogP contribution < -0.4 is 10.1 Å². The quantitative estimate of drug-likeness (QED) is 0.824. The first-order valence-electron chi connectivity index (χ1n) is 7.47. The summed E-state index contributed by atoms with van der Waals surface area (Å²) in [6, 6.07) is 10.6. The second kappa shape index (κ2) is 7.62. The molecule has 0 spiro atoms. The van der Waals surface area contributed by atoms with Crippen LogP contribution in [0.15, 0.2) is 30.3 Å². The Kier molecular flexibility index (Phi) is 5.83. The topological polar surface area (TPSA) is 44.7 Å². The zero-order valence-corrected chi connectivity index (χ0v) is 12.5. The van der Waals surface area contributed by atoms with Gasteiger partial charge in [-0.05, 0) is 18.1 Å². The number of nitrogens with zero attached hydrogens (tertiary/aromatic N) is 1. The van der Waals surface area contributed by atoms with Crippen molar-refractivity contribution in [3.63, 3.8) is 0 Å². The molecule has 1 saturated heterocycles. The van der Waals surface area contributed by atoms with Crippen LogP contribution in [0.5, 0.6) is 5.75 Å². The smallest absolute Gasteiger partial charge is 0.119 e. The average Bonchev–Trinajstić information content (AvgIpc) is 2.48. The van der Waals surface area contributed by atoms with Gasteiger partial charge in [-0.15, -0.1) is 0 Å². The van der Waals surface area contributed by atoms with E-state index < -0.39 is 0 Å². The van der Waals surface area contributed by atoms with Crippen LogP contribution in [0.4, 0.5) is 0 Å². The highest BCUT2D eigenvalue weighted by molar-refractivity contribution is 5.20. The van der Waals surface area contributed by atoms with Gasteiger partial charge in [-0.2, -0.15) is 0 Å². The van der Waals surface area contributed by atoms with Crippen molar-refractivity contribution in [2.24, 2.45) is 5.92 Å². The van der Waals surface area contributed by atoms with E-state index in [1.807, 2.05) is 30.3 Å². The molecule has 0 saturated carbocycles. The summed E-state index contributed by atoms with van der Waals surface area (Å²) in [4.78, 5) is 2.34. The van der Waals surface area contributed by atoms with Gasteiger partial charge < -0.3 is 15.2 Å². The van der Waals surface area contributed by atoms with Gasteiger partial charge in [0.2, 0.25) is 0 Å². The van der Waals surface area contributed by atoms with Gasteiger partial charge in [0.15, 0.2) is 0 Å². The summed E-state index contributed by atoms with van der Waals surface area (Å²) in [5, 5.41) is 13.0. The van der Waals surface area contributed by atoms with Crippen LogP contribution in [0.25, 0.3) is 0 Å². The lowest BCUT2D eigenvalue weighted by atomic mass is 9.99. The van der Waals surface area contributed by atoms with Crippen molar-refractivity contribution in [1.29, 1.82) is 0 Å². The average molecular weight is 278 g/mol. The van der Waals surface area contributed by atoms with Gasteiger partial charge in [0, 0.05) is 31.7 Å². The van der Waals surface area contributed by atoms with Gasteiger partial charge in [-0.3, -0.25) is 4.90 Å². The Labute approximate surface area is 121 Å². The fraction of sp³-hybridized carbons (Fsp3) is 0.625. The summed E-state index contributed by atoms with van der Waals surface area (Å²) in [5.74, 6) is 1.51. The number of hydrogen-bond acceptors (Lipinski definition) is 4. The molecular weight excluding hydrogens is 252 g/mol. The second-order valence-electron chi connectivity index (χ2n) is 5.75. The fourth-order valence-corrected chi connectivity index (χ4v) is 2.58. The van der Waals surface area contributed by atoms with E-state index in [9.17, 15) is 5.11 Å². The molecular formula is C16H26N2O2. The van der Waals surface area contributed by atoms with Crippen LogP contribution in [0, 0.1) is 5.92 Å². The summed E-state index contributed by atoms with van der Waals surface area (Å²) in [6.45, 7) is 8.00. The Bertz CT molecular complexity index is 383. The van der Waals surface area contributed by atoms with Crippen LogP contribution in [0.2, 0.25) is 0 Å². The molecule has 0 bridgehead atoms. The molecule has 0 radical (unpaired) electrons. The van der Waals surface area contributed by atoms with Gasteiger partial charge in [0.1, 0.15) is 12.4 Å². The number of aliphatic hydroxyl groups is 1. The normalized spacial score (nSPS) is 24.0. The molecule has 20 heavy (non-hydrogen) atoms. The van der Waals surface area contributed by atoms with Crippen molar-refractivity contribution in [2.75, 3.05) is 32.8 Å². The zero-order chi connectivity index (χ0) is 14.4. The maximum Gasteiger partial charge on any atom is 0.119 e. The highest BCUT2D eigenvalue weighted by Gasteiger charge is 2.28. The van der Waals surface area contributed by atoms with Crippen LogP contribution >= 0.6 is 0 Å². The molecule has 1 aliphatic rings. The van der Waals surface area contributed by atoms with Gasteiger partial charge in [-0.25, -0.2) is 0 Å². The summed E-state index contributed by atoms with van der Waals surface area (Å²) >= 11 is 0. The molecule has 2 atom stereocenters. The van der Waals surface area contributed by atoms with Gasteiger partial charge in [0.25, 0.3) is 0 Å². The predicted octanol–water partition coefficient (Wildman–Crippen LogP) is 1.36. The summed E-state index contributed by atoms with van der Waals surface area (Å²) in [6.07, 6.45) is 0. The van der Waals surface area contributed by atoms with Crippen LogP contribution in [-0.2, 0) is 0 Å². The van der Waals surface area contributed by atoms with E-state index in [1.165, 1.54) is 0 Å². The molecule has 112 valence electrons. The van der Waals surface area contributed by atoms with E-state index in [1.54, 1.807) is 0 Å². The molecule has 2 rings (SSSR count). The molecule has 1 aromatic carbocycles. The lowest BCUT2D eigenvalue weighted by Gasteiger charge is -2.41. The molecule has 0 aromatic heterocycles. The first-order chi connectivity index (χ1) is 9.70. The maximum absolute atomic E-state index is 9.48. The van der Waals surface area contributed by atoms with E-state index in [0.29, 0.717) is 18.6 Å². The van der Waals surface area contributed by atoms with Crippen LogP contribution in [0.3, 0.4) is 0 Å². The Hall–Kier alpha value is -1.10. The number of hydrogen-bond donors (Lipinski definition) is 2. The molecule has 0 amide bonds. The number of para-hydroxylation sites is 1. The molecule has 4 heteroatoms. The lowest BCUT2D eigenvalue weighted by Crippen LogP contribution is -2.59. The Morgan fingerprint density at radius 2 is 2.10 bits per heavy atom. The van der Waals surface area contributed by atoms with Crippen LogP contribution in [0.1, 0.15) is 13.8 Å². The van der Waals surface area contributed by atoms with Crippen molar-refractivity contribution in [3.05, 3.63) is 30.3 Å². The van der Waals surface area contributed by atoms with Crippen molar-refractivity contribution in [1.82, 2.24) is 10.2 Å². The van der Waals surface area contributed by atoms with Crippen LogP contribution in [-0.4, -0.2) is 54.9 Å². The number of aliphatic hydroxyl groups excluding tert-OH is 1. The molecule has 1 aromatic rings. The van der Waals surface area contributed by atoms with E-state index in [2.05, 4.69) is 24.1 Å². The van der Waals surface area contributed by atoms with E-state index in [0.717, 1.165) is 25.4 Å². The number of rotatable bonds is 6. The summed E-state index contributed by atoms with van der Waals surface area (Å²) in [5.41, 5.74) is 0. The fourth-order valence-electron chi connectivity index (χ4n) is 2.58. The largest absolute Gasteiger partial charge is 0.492 e. The highest BCUT2D eigenvalue weighted by atomic mass is 16.5. The first kappa shape index (κ1) is 15.3. The Morgan fingerprint density at radius 1 is 1.35 bits per heavy atom. The third-order valence-corrected chi connectivity index (χ3v) is 3.97. The van der Waals surface area contributed by atoms with Gasteiger partial charge >= 0.3 is 0 Å². The zero-order valence-electron chi connectivity index (χ0n) is 12.5. The molecule has 4 nitrogen and oxygen atoms in total. The Balaban J connectivity index is 1.82. The second-order valence-corrected chi connectivity index (χ2v) is 5.75. The van der Waals surface area contributed by atoms with E-state index in [4.69, 9.17) is 4.74 Å². The lowest BCUT2D eigenvalue weighted by molar-refractivity contribution is 0.0595. The molecule has 0 aliphatic carbocycles. The van der Waals surface area contributed by atoms with Crippen molar-refractivity contribution in [3.8, 4) is 5.75 Å². The van der Waals surface area contributed by atoms with Gasteiger partial charge in [-0.1, -0.05) is 32.0 Å². The van der Waals surface area contributed by atoms with E-state index >= 15 is 0 Å². The number of ether oxygens (including phenoxy) is 1. The predicted molar refractivity (Wildman–Crippen MR) is 81.0 cm³/mol. The van der Waals surface area contributed by atoms with Crippen molar-refractivity contribution >= 4 is 0 Å². The van der Waals surface area contributed by atoms with E-state index in [-0.39, 0.29) is 12.6 Å². The third kappa shape index (κ3) is 4.20. The maximum atomic E-state index is 9.48. The minimum Gasteiger partial charge on any atom is -0.492 e. The molecule has 2 unspecified atom stereocenters. The first-order valence-corrected chi connectivity index (χ1v) is 7.47. The van der Waals surface area contributed by atoms with Crippen molar-refractivity contribution in [2.45, 2.75) is 25.9 Å². The third-order valence-electron chi connectivity index (χ3n) is 3.97. The summed E-state index contributed by atoms with van der Waals surface area (Å²) in [7, 11) is 0. The SMILES string of the molecule is CC(C)C1CN(CCOc2ccccc2)C(CO)CN1. The molecule has 1 heterocycles. The number of nitrogens with one attached hydrogen (secondary N) is 1. The minimum atomic E-state index is 0.198. The molecule has 1 fully saturated rings. The highest BCUT2D eigenvalue weighted by Crippen LogP contribution is 2.13. The number of benzene rings is 1. The van der Waals surface area contributed by atoms with Gasteiger partial charge in [0.05, 0.1) is 6.61 Å². The standard InChI is InChI=1S/C16H26N2O2/c1-13(2)16-11-18(14(12-19)10-17-16)8-9-20-15-6-4-3-5-7-15/h3-7,13-14,16-17,19H,8-12H2,1-2H3. The summed E-state index contributed by atoms with van der Waals surface area (Å²) < 4.78 is 5.75. The Morgan fingerprint density at radius 3 is 2.75 bits per heavy atom. The minimum absolute atomic E-state index is 0.198. The number of piperazine rings is 1.